The first-order valence-electron chi connectivity index (χ1n) is 5.16. The molecule has 2 aromatic carbocycles. The zero-order chi connectivity index (χ0) is 13.1. The number of halogens is 2. The number of nitrogens with two attached hydrogens (primary N) is 1. The Bertz CT molecular complexity index is 555. The van der Waals surface area contributed by atoms with E-state index in [1.54, 1.807) is 31.4 Å². The largest absolute Gasteiger partial charge is 0.493 e. The van der Waals surface area contributed by atoms with E-state index in [-0.39, 0.29) is 0 Å². The second-order valence-corrected chi connectivity index (χ2v) is 5.30. The lowest BCUT2D eigenvalue weighted by Crippen LogP contribution is -1.93. The van der Waals surface area contributed by atoms with Crippen LogP contribution in [0.25, 0.3) is 0 Å². The summed E-state index contributed by atoms with van der Waals surface area (Å²) < 4.78 is 12.0. The van der Waals surface area contributed by atoms with Gasteiger partial charge in [0, 0.05) is 20.3 Å². The fourth-order valence-corrected chi connectivity index (χ4v) is 2.53. The molecule has 0 fully saturated rings. The first kappa shape index (κ1) is 13.3. The van der Waals surface area contributed by atoms with Crippen LogP contribution in [0.15, 0.2) is 36.4 Å². The summed E-state index contributed by atoms with van der Waals surface area (Å²) in [5.74, 6) is 1.85. The monoisotopic (exact) mass is 375 g/mol. The molecule has 0 saturated carbocycles. The van der Waals surface area contributed by atoms with Crippen molar-refractivity contribution in [3.05, 3.63) is 45.0 Å². The van der Waals surface area contributed by atoms with E-state index in [2.05, 4.69) is 22.6 Å². The molecule has 18 heavy (non-hydrogen) atoms. The van der Waals surface area contributed by atoms with Crippen LogP contribution in [0.2, 0.25) is 5.02 Å². The van der Waals surface area contributed by atoms with Crippen molar-refractivity contribution in [3.8, 4) is 17.2 Å². The summed E-state index contributed by atoms with van der Waals surface area (Å²) in [4.78, 5) is 0. The average molecular weight is 376 g/mol. The maximum atomic E-state index is 5.98. The Morgan fingerprint density at radius 1 is 1.11 bits per heavy atom. The molecule has 0 aliphatic heterocycles. The van der Waals surface area contributed by atoms with Gasteiger partial charge in [-0.05, 0) is 52.9 Å². The highest BCUT2D eigenvalue weighted by molar-refractivity contribution is 14.1. The molecular weight excluding hydrogens is 365 g/mol. The normalized spacial score (nSPS) is 10.2. The van der Waals surface area contributed by atoms with Crippen LogP contribution in [-0.2, 0) is 0 Å². The van der Waals surface area contributed by atoms with Crippen LogP contribution in [-0.4, -0.2) is 7.11 Å². The van der Waals surface area contributed by atoms with Gasteiger partial charge < -0.3 is 15.2 Å². The quantitative estimate of drug-likeness (QED) is 0.641. The van der Waals surface area contributed by atoms with E-state index in [1.165, 1.54) is 0 Å². The average Bonchev–Trinajstić information content (AvgIpc) is 2.30. The fourth-order valence-electron chi connectivity index (χ4n) is 1.48. The molecule has 0 radical (unpaired) electrons. The second kappa shape index (κ2) is 5.67. The molecule has 0 aliphatic rings. The van der Waals surface area contributed by atoms with Gasteiger partial charge in [0.25, 0.3) is 0 Å². The van der Waals surface area contributed by atoms with Crippen LogP contribution in [0, 0.1) is 3.57 Å². The minimum atomic E-state index is 0.588. The lowest BCUT2D eigenvalue weighted by molar-refractivity contribution is 0.379. The standard InChI is InChI=1S/C13H11ClINO2/c1-17-13-7-10(16)2-3-12(13)18-11-5-8(14)4-9(15)6-11/h2-7H,16H2,1H3. The van der Waals surface area contributed by atoms with E-state index >= 15 is 0 Å². The summed E-state index contributed by atoms with van der Waals surface area (Å²) in [5, 5.41) is 0.631. The lowest BCUT2D eigenvalue weighted by atomic mass is 10.3. The number of methoxy groups -OCH3 is 1. The van der Waals surface area contributed by atoms with Gasteiger partial charge in [-0.3, -0.25) is 0 Å². The predicted octanol–water partition coefficient (Wildman–Crippen LogP) is 4.33. The van der Waals surface area contributed by atoms with Gasteiger partial charge in [0.05, 0.1) is 7.11 Å². The molecule has 0 spiro atoms. The summed E-state index contributed by atoms with van der Waals surface area (Å²) >= 11 is 8.16. The van der Waals surface area contributed by atoms with E-state index in [4.69, 9.17) is 26.8 Å². The smallest absolute Gasteiger partial charge is 0.169 e. The third-order valence-electron chi connectivity index (χ3n) is 2.25. The van der Waals surface area contributed by atoms with Gasteiger partial charge >= 0.3 is 0 Å². The van der Waals surface area contributed by atoms with E-state index in [9.17, 15) is 0 Å². The van der Waals surface area contributed by atoms with Gasteiger partial charge in [-0.1, -0.05) is 11.6 Å². The van der Waals surface area contributed by atoms with Crippen LogP contribution in [0.1, 0.15) is 0 Å². The number of hydrogen-bond acceptors (Lipinski definition) is 3. The maximum absolute atomic E-state index is 5.98. The summed E-state index contributed by atoms with van der Waals surface area (Å²) in [6, 6.07) is 10.7. The zero-order valence-corrected chi connectivity index (χ0v) is 12.5. The van der Waals surface area contributed by atoms with E-state index < -0.39 is 0 Å². The summed E-state index contributed by atoms with van der Waals surface area (Å²) in [6.07, 6.45) is 0. The van der Waals surface area contributed by atoms with Crippen molar-refractivity contribution in [2.75, 3.05) is 12.8 Å². The van der Waals surface area contributed by atoms with E-state index in [0.717, 1.165) is 3.57 Å². The molecule has 0 heterocycles. The highest BCUT2D eigenvalue weighted by atomic mass is 127. The van der Waals surface area contributed by atoms with Crippen molar-refractivity contribution in [2.45, 2.75) is 0 Å². The molecule has 0 aromatic heterocycles. The molecule has 2 N–H and O–H groups in total. The van der Waals surface area contributed by atoms with Crippen molar-refractivity contribution < 1.29 is 9.47 Å². The summed E-state index contributed by atoms with van der Waals surface area (Å²) in [5.41, 5.74) is 6.31. The van der Waals surface area contributed by atoms with Gasteiger partial charge in [-0.15, -0.1) is 0 Å². The summed E-state index contributed by atoms with van der Waals surface area (Å²) in [7, 11) is 1.57. The molecule has 0 saturated heterocycles. The molecule has 5 heteroatoms. The van der Waals surface area contributed by atoms with Crippen molar-refractivity contribution in [1.29, 1.82) is 0 Å². The van der Waals surface area contributed by atoms with Crippen LogP contribution < -0.4 is 15.2 Å². The first-order chi connectivity index (χ1) is 8.58. The number of nitrogen functional groups attached to an aromatic ring is 1. The molecule has 2 aromatic rings. The summed E-state index contributed by atoms with van der Waals surface area (Å²) in [6.45, 7) is 0. The van der Waals surface area contributed by atoms with Crippen molar-refractivity contribution in [2.24, 2.45) is 0 Å². The Morgan fingerprint density at radius 3 is 2.56 bits per heavy atom. The highest BCUT2D eigenvalue weighted by Gasteiger charge is 2.07. The van der Waals surface area contributed by atoms with E-state index in [1.807, 2.05) is 12.1 Å². The van der Waals surface area contributed by atoms with Crippen molar-refractivity contribution in [3.63, 3.8) is 0 Å². The van der Waals surface area contributed by atoms with Gasteiger partial charge in [0.15, 0.2) is 11.5 Å². The topological polar surface area (TPSA) is 44.5 Å². The third kappa shape index (κ3) is 3.20. The van der Waals surface area contributed by atoms with Gasteiger partial charge in [0.2, 0.25) is 0 Å². The number of ether oxygens (including phenoxy) is 2. The molecule has 0 bridgehead atoms. The first-order valence-corrected chi connectivity index (χ1v) is 6.61. The van der Waals surface area contributed by atoms with E-state index in [0.29, 0.717) is 28.0 Å². The number of anilines is 1. The molecule has 0 atom stereocenters. The number of hydrogen-bond donors (Lipinski definition) is 1. The Hall–Kier alpha value is -1.14. The number of rotatable bonds is 3. The molecular formula is C13H11ClINO2. The molecule has 94 valence electrons. The minimum Gasteiger partial charge on any atom is -0.493 e. The minimum absolute atomic E-state index is 0.588. The molecule has 0 unspecified atom stereocenters. The highest BCUT2D eigenvalue weighted by Crippen LogP contribution is 2.34. The Morgan fingerprint density at radius 2 is 1.89 bits per heavy atom. The van der Waals surface area contributed by atoms with Crippen LogP contribution >= 0.6 is 34.2 Å². The molecule has 3 nitrogen and oxygen atoms in total. The fraction of sp³-hybridized carbons (Fsp3) is 0.0769. The van der Waals surface area contributed by atoms with Crippen molar-refractivity contribution in [1.82, 2.24) is 0 Å². The molecule has 0 aliphatic carbocycles. The molecule has 0 amide bonds. The Labute approximate surface area is 124 Å². The number of benzene rings is 2. The Balaban J connectivity index is 2.33. The van der Waals surface area contributed by atoms with Gasteiger partial charge in [0.1, 0.15) is 5.75 Å². The van der Waals surface area contributed by atoms with Crippen LogP contribution in [0.3, 0.4) is 0 Å². The predicted molar refractivity (Wildman–Crippen MR) is 81.6 cm³/mol. The second-order valence-electron chi connectivity index (χ2n) is 3.62. The lowest BCUT2D eigenvalue weighted by Gasteiger charge is -2.11. The molecule has 2 rings (SSSR count). The SMILES string of the molecule is COc1cc(N)ccc1Oc1cc(Cl)cc(I)c1. The zero-order valence-electron chi connectivity index (χ0n) is 9.61. The van der Waals surface area contributed by atoms with Crippen LogP contribution in [0.5, 0.6) is 17.2 Å². The maximum Gasteiger partial charge on any atom is 0.169 e. The Kier molecular flexibility index (Phi) is 4.19. The van der Waals surface area contributed by atoms with Crippen LogP contribution in [0.4, 0.5) is 5.69 Å². The van der Waals surface area contributed by atoms with Gasteiger partial charge in [-0.2, -0.15) is 0 Å². The van der Waals surface area contributed by atoms with Gasteiger partial charge in [-0.25, -0.2) is 0 Å². The van der Waals surface area contributed by atoms with Crippen molar-refractivity contribution >= 4 is 39.9 Å². The third-order valence-corrected chi connectivity index (χ3v) is 3.09.